The van der Waals surface area contributed by atoms with E-state index in [1.165, 1.54) is 21.6 Å². The summed E-state index contributed by atoms with van der Waals surface area (Å²) >= 11 is 0. The van der Waals surface area contributed by atoms with Crippen molar-refractivity contribution in [2.75, 3.05) is 14.1 Å². The Kier molecular flexibility index (Phi) is 4.12. The van der Waals surface area contributed by atoms with Gasteiger partial charge in [-0.1, -0.05) is 12.1 Å². The number of hydrogen-bond acceptors (Lipinski definition) is 3. The van der Waals surface area contributed by atoms with Crippen LogP contribution >= 0.6 is 0 Å². The van der Waals surface area contributed by atoms with E-state index in [9.17, 15) is 18.0 Å². The van der Waals surface area contributed by atoms with Gasteiger partial charge in [0, 0.05) is 32.1 Å². The number of pyridine rings is 1. The molecular weight excluding hydrogens is 335 g/mol. The first-order valence-corrected chi connectivity index (χ1v) is 7.29. The number of carbonyl (C=O) groups is 1. The number of fused-ring (bicyclic) bond motifs is 1. The molecule has 0 saturated carbocycles. The summed E-state index contributed by atoms with van der Waals surface area (Å²) < 4.78 is 44.9. The Morgan fingerprint density at radius 3 is 2.60 bits per heavy atom. The normalized spacial score (nSPS) is 11.6. The van der Waals surface area contributed by atoms with Crippen molar-refractivity contribution in [1.29, 1.82) is 0 Å². The summed E-state index contributed by atoms with van der Waals surface area (Å²) in [5.41, 5.74) is 0.736. The second-order valence-corrected chi connectivity index (χ2v) is 5.60. The van der Waals surface area contributed by atoms with E-state index in [2.05, 4.69) is 4.98 Å². The quantitative estimate of drug-likeness (QED) is 0.700. The van der Waals surface area contributed by atoms with Crippen LogP contribution in [0.15, 0.2) is 48.8 Å². The van der Waals surface area contributed by atoms with Gasteiger partial charge in [0.25, 0.3) is 0 Å². The van der Waals surface area contributed by atoms with E-state index in [-0.39, 0.29) is 0 Å². The molecule has 0 unspecified atom stereocenters. The number of aromatic nitrogens is 2. The predicted octanol–water partition coefficient (Wildman–Crippen LogP) is 4.08. The third-order valence-corrected chi connectivity index (χ3v) is 3.48. The summed E-state index contributed by atoms with van der Waals surface area (Å²) in [7, 11) is 3.12. The molecule has 8 heteroatoms. The maximum Gasteiger partial charge on any atom is 0.417 e. The topological polar surface area (TPSA) is 46.8 Å². The van der Waals surface area contributed by atoms with Crippen molar-refractivity contribution in [3.63, 3.8) is 0 Å². The van der Waals surface area contributed by atoms with Gasteiger partial charge in [0.1, 0.15) is 11.4 Å². The zero-order chi connectivity index (χ0) is 18.2. The molecule has 0 bridgehead atoms. The van der Waals surface area contributed by atoms with Crippen LogP contribution in [0.4, 0.5) is 18.0 Å². The van der Waals surface area contributed by atoms with E-state index in [1.54, 1.807) is 38.4 Å². The molecule has 0 atom stereocenters. The highest BCUT2D eigenvalue weighted by Gasteiger charge is 2.30. The first-order chi connectivity index (χ1) is 11.7. The van der Waals surface area contributed by atoms with Crippen molar-refractivity contribution < 1.29 is 22.7 Å². The van der Waals surface area contributed by atoms with Gasteiger partial charge >= 0.3 is 12.3 Å². The summed E-state index contributed by atoms with van der Waals surface area (Å²) in [6.45, 7) is 0. The maximum absolute atomic E-state index is 12.8. The van der Waals surface area contributed by atoms with Crippen molar-refractivity contribution in [2.24, 2.45) is 0 Å². The number of carbonyl (C=O) groups excluding carboxylic acids is 1. The fourth-order valence-corrected chi connectivity index (χ4v) is 2.21. The van der Waals surface area contributed by atoms with Crippen molar-refractivity contribution in [1.82, 2.24) is 14.3 Å². The highest BCUT2D eigenvalue weighted by molar-refractivity contribution is 5.71. The zero-order valence-electron chi connectivity index (χ0n) is 13.4. The summed E-state index contributed by atoms with van der Waals surface area (Å²) in [5.74, 6) is 0.323. The molecule has 3 aromatic rings. The number of benzene rings is 1. The number of hydrogen-bond donors (Lipinski definition) is 0. The lowest BCUT2D eigenvalue weighted by atomic mass is 10.1. The minimum atomic E-state index is -4.42. The maximum atomic E-state index is 12.8. The third-order valence-electron chi connectivity index (χ3n) is 3.48. The van der Waals surface area contributed by atoms with E-state index < -0.39 is 17.8 Å². The van der Waals surface area contributed by atoms with Gasteiger partial charge in [0.05, 0.1) is 11.3 Å². The van der Waals surface area contributed by atoms with Crippen LogP contribution in [-0.2, 0) is 6.18 Å². The molecule has 0 aliphatic rings. The van der Waals surface area contributed by atoms with Crippen molar-refractivity contribution in [3.05, 3.63) is 54.4 Å². The lowest BCUT2D eigenvalue weighted by Gasteiger charge is -2.10. The second-order valence-electron chi connectivity index (χ2n) is 5.60. The molecule has 1 aromatic carbocycles. The second kappa shape index (κ2) is 6.12. The molecule has 0 spiro atoms. The minimum absolute atomic E-state index is 0.323. The van der Waals surface area contributed by atoms with Crippen LogP contribution in [0, 0.1) is 0 Å². The molecule has 130 valence electrons. The van der Waals surface area contributed by atoms with Gasteiger partial charge in [-0.15, -0.1) is 0 Å². The van der Waals surface area contributed by atoms with Crippen molar-refractivity contribution >= 4 is 11.7 Å². The first-order valence-electron chi connectivity index (χ1n) is 7.29. The molecule has 2 heterocycles. The largest absolute Gasteiger partial charge is 0.417 e. The van der Waals surface area contributed by atoms with Crippen LogP contribution in [0.1, 0.15) is 5.56 Å². The van der Waals surface area contributed by atoms with Crippen molar-refractivity contribution in [3.8, 4) is 17.0 Å². The summed E-state index contributed by atoms with van der Waals surface area (Å²) in [4.78, 5) is 17.2. The zero-order valence-corrected chi connectivity index (χ0v) is 13.4. The van der Waals surface area contributed by atoms with Gasteiger partial charge < -0.3 is 14.0 Å². The molecule has 0 radical (unpaired) electrons. The number of imidazole rings is 1. The molecule has 25 heavy (non-hydrogen) atoms. The number of rotatable bonds is 2. The van der Waals surface area contributed by atoms with Crippen LogP contribution in [0.2, 0.25) is 0 Å². The molecule has 1 amide bonds. The Bertz CT molecular complexity index is 932. The van der Waals surface area contributed by atoms with E-state index >= 15 is 0 Å². The Morgan fingerprint density at radius 1 is 1.16 bits per heavy atom. The Balaban J connectivity index is 1.95. The lowest BCUT2D eigenvalue weighted by Crippen LogP contribution is -2.25. The number of amides is 1. The van der Waals surface area contributed by atoms with Crippen LogP contribution < -0.4 is 4.74 Å². The summed E-state index contributed by atoms with van der Waals surface area (Å²) in [6.07, 6.45) is -2.46. The van der Waals surface area contributed by atoms with Gasteiger partial charge in [-0.25, -0.2) is 9.78 Å². The van der Waals surface area contributed by atoms with Gasteiger partial charge in [-0.2, -0.15) is 13.2 Å². The highest BCUT2D eigenvalue weighted by atomic mass is 19.4. The molecule has 0 N–H and O–H groups in total. The summed E-state index contributed by atoms with van der Waals surface area (Å²) in [6, 6.07) is 8.93. The Hall–Kier alpha value is -3.03. The molecule has 0 aliphatic carbocycles. The van der Waals surface area contributed by atoms with Crippen LogP contribution in [0.25, 0.3) is 16.9 Å². The number of halogens is 3. The molecule has 3 rings (SSSR count). The molecule has 0 saturated heterocycles. The van der Waals surface area contributed by atoms with Gasteiger partial charge in [0.2, 0.25) is 0 Å². The number of ether oxygens (including phenoxy) is 1. The fourth-order valence-electron chi connectivity index (χ4n) is 2.21. The molecular formula is C17H14F3N3O2. The summed E-state index contributed by atoms with van der Waals surface area (Å²) in [5, 5.41) is 0. The van der Waals surface area contributed by atoms with Gasteiger partial charge in [-0.3, -0.25) is 0 Å². The van der Waals surface area contributed by atoms with E-state index in [1.807, 2.05) is 0 Å². The van der Waals surface area contributed by atoms with E-state index in [0.717, 1.165) is 12.3 Å². The monoisotopic (exact) mass is 349 g/mol. The average Bonchev–Trinajstić information content (AvgIpc) is 2.97. The number of nitrogens with zero attached hydrogens (tertiary/aromatic N) is 3. The van der Waals surface area contributed by atoms with Gasteiger partial charge in [0.15, 0.2) is 0 Å². The van der Waals surface area contributed by atoms with E-state index in [0.29, 0.717) is 22.7 Å². The highest BCUT2D eigenvalue weighted by Crippen LogP contribution is 2.30. The van der Waals surface area contributed by atoms with Crippen LogP contribution in [-0.4, -0.2) is 34.5 Å². The fraction of sp³-hybridized carbons (Fsp3) is 0.176. The third kappa shape index (κ3) is 3.57. The average molecular weight is 349 g/mol. The standard InChI is InChI=1S/C17H14F3N3O2/c1-22(2)16(24)25-13-5-3-4-11(8-13)14-10-23-9-12(17(18,19)20)6-7-15(23)21-14/h3-10H,1-2H3. The molecule has 0 aliphatic heterocycles. The first kappa shape index (κ1) is 16.8. The van der Waals surface area contributed by atoms with Crippen LogP contribution in [0.3, 0.4) is 0 Å². The molecule has 2 aromatic heterocycles. The Labute approximate surface area is 141 Å². The van der Waals surface area contributed by atoms with Crippen molar-refractivity contribution in [2.45, 2.75) is 6.18 Å². The minimum Gasteiger partial charge on any atom is -0.410 e. The Morgan fingerprint density at radius 2 is 1.92 bits per heavy atom. The lowest BCUT2D eigenvalue weighted by molar-refractivity contribution is -0.137. The van der Waals surface area contributed by atoms with E-state index in [4.69, 9.17) is 4.74 Å². The van der Waals surface area contributed by atoms with Crippen LogP contribution in [0.5, 0.6) is 5.75 Å². The smallest absolute Gasteiger partial charge is 0.410 e. The molecule has 5 nitrogen and oxygen atoms in total. The van der Waals surface area contributed by atoms with Gasteiger partial charge in [-0.05, 0) is 24.3 Å². The SMILES string of the molecule is CN(C)C(=O)Oc1cccc(-c2cn3cc(C(F)(F)F)ccc3n2)c1. The molecule has 0 fully saturated rings. The number of alkyl halides is 3. The predicted molar refractivity (Wildman–Crippen MR) is 85.3 cm³/mol.